The molecule has 21 heavy (non-hydrogen) atoms. The van der Waals surface area contributed by atoms with Gasteiger partial charge in [-0.15, -0.1) is 0 Å². The number of carbonyl (C=O) groups excluding carboxylic acids is 1. The summed E-state index contributed by atoms with van der Waals surface area (Å²) in [5.74, 6) is -0.842. The molecule has 2 aromatic carbocycles. The molecule has 0 aliphatic heterocycles. The van der Waals surface area contributed by atoms with Crippen molar-refractivity contribution in [2.75, 3.05) is 5.32 Å². The van der Waals surface area contributed by atoms with Crippen molar-refractivity contribution in [1.82, 2.24) is 4.98 Å². The zero-order valence-corrected chi connectivity index (χ0v) is 12.6. The lowest BCUT2D eigenvalue weighted by Gasteiger charge is -2.01. The normalized spacial score (nSPS) is 10.8. The van der Waals surface area contributed by atoms with E-state index < -0.39 is 11.7 Å². The van der Waals surface area contributed by atoms with Gasteiger partial charge in [-0.3, -0.25) is 10.1 Å². The van der Waals surface area contributed by atoms with Gasteiger partial charge in [-0.1, -0.05) is 29.0 Å². The number of amides is 1. The van der Waals surface area contributed by atoms with Crippen LogP contribution in [0, 0.1) is 12.7 Å². The van der Waals surface area contributed by atoms with E-state index in [1.54, 1.807) is 12.1 Å². The lowest BCUT2D eigenvalue weighted by atomic mass is 10.2. The van der Waals surface area contributed by atoms with Crippen molar-refractivity contribution in [1.29, 1.82) is 0 Å². The number of nitrogens with one attached hydrogen (secondary N) is 1. The number of halogens is 2. The van der Waals surface area contributed by atoms with E-state index in [9.17, 15) is 9.18 Å². The lowest BCUT2D eigenvalue weighted by Crippen LogP contribution is -2.11. The molecule has 0 saturated carbocycles. The molecule has 1 aromatic heterocycles. The summed E-state index contributed by atoms with van der Waals surface area (Å²) in [6.45, 7) is 1.91. The average molecular weight is 321 g/mol. The molecule has 1 heterocycles. The minimum Gasteiger partial charge on any atom is -0.298 e. The Kier molecular flexibility index (Phi) is 3.61. The molecule has 0 unspecified atom stereocenters. The number of benzene rings is 2. The highest BCUT2D eigenvalue weighted by atomic mass is 35.5. The fraction of sp³-hybridized carbons (Fsp3) is 0.0667. The molecule has 106 valence electrons. The van der Waals surface area contributed by atoms with Crippen LogP contribution in [0.2, 0.25) is 5.02 Å². The maximum absolute atomic E-state index is 13.1. The second kappa shape index (κ2) is 5.42. The first-order valence-corrected chi connectivity index (χ1v) is 7.36. The number of aromatic nitrogens is 1. The minimum absolute atomic E-state index is 0.253. The quantitative estimate of drug-likeness (QED) is 0.746. The van der Waals surface area contributed by atoms with Gasteiger partial charge in [-0.2, -0.15) is 0 Å². The molecular formula is C15H10ClFN2OS. The zero-order chi connectivity index (χ0) is 15.0. The molecule has 0 fully saturated rings. The van der Waals surface area contributed by atoms with Gasteiger partial charge in [0.25, 0.3) is 5.91 Å². The number of hydrogen-bond acceptors (Lipinski definition) is 3. The van der Waals surface area contributed by atoms with Gasteiger partial charge in [-0.05, 0) is 42.8 Å². The number of rotatable bonds is 2. The topological polar surface area (TPSA) is 42.0 Å². The van der Waals surface area contributed by atoms with Crippen LogP contribution in [0.5, 0.6) is 0 Å². The fourth-order valence-electron chi connectivity index (χ4n) is 1.90. The third-order valence-corrected chi connectivity index (χ3v) is 4.32. The molecule has 1 N–H and O–H groups in total. The molecule has 3 rings (SSSR count). The van der Waals surface area contributed by atoms with E-state index in [0.717, 1.165) is 15.8 Å². The number of fused-ring (bicyclic) bond motifs is 1. The van der Waals surface area contributed by atoms with Crippen molar-refractivity contribution in [3.8, 4) is 0 Å². The number of thiazole rings is 1. The average Bonchev–Trinajstić information content (AvgIpc) is 2.80. The van der Waals surface area contributed by atoms with Crippen LogP contribution in [0.1, 0.15) is 15.9 Å². The van der Waals surface area contributed by atoms with Crippen molar-refractivity contribution in [2.24, 2.45) is 0 Å². The maximum Gasteiger partial charge on any atom is 0.257 e. The Bertz CT molecular complexity index is 808. The SMILES string of the molecule is Cc1cc2sc(NC(=O)c3cccc(F)c3)nc2cc1Cl. The largest absolute Gasteiger partial charge is 0.298 e. The van der Waals surface area contributed by atoms with Crippen molar-refractivity contribution in [3.63, 3.8) is 0 Å². The van der Waals surface area contributed by atoms with Crippen LogP contribution in [-0.2, 0) is 0 Å². The highest BCUT2D eigenvalue weighted by Gasteiger charge is 2.11. The second-order valence-electron chi connectivity index (χ2n) is 4.55. The van der Waals surface area contributed by atoms with E-state index in [2.05, 4.69) is 10.3 Å². The summed E-state index contributed by atoms with van der Waals surface area (Å²) in [6.07, 6.45) is 0. The molecule has 3 aromatic rings. The van der Waals surface area contributed by atoms with Crippen molar-refractivity contribution in [3.05, 3.63) is 58.4 Å². The number of anilines is 1. The highest BCUT2D eigenvalue weighted by Crippen LogP contribution is 2.30. The Morgan fingerprint density at radius 2 is 2.14 bits per heavy atom. The number of hydrogen-bond donors (Lipinski definition) is 1. The van der Waals surface area contributed by atoms with Crippen LogP contribution in [0.3, 0.4) is 0 Å². The summed E-state index contributed by atoms with van der Waals surface area (Å²) in [5.41, 5.74) is 1.93. The van der Waals surface area contributed by atoms with Gasteiger partial charge >= 0.3 is 0 Å². The van der Waals surface area contributed by atoms with Gasteiger partial charge in [-0.25, -0.2) is 9.37 Å². The number of aryl methyl sites for hydroxylation is 1. The van der Waals surface area contributed by atoms with Gasteiger partial charge in [0.2, 0.25) is 0 Å². The molecule has 0 saturated heterocycles. The van der Waals surface area contributed by atoms with Crippen molar-refractivity contribution >= 4 is 44.2 Å². The Morgan fingerprint density at radius 3 is 2.90 bits per heavy atom. The number of nitrogens with zero attached hydrogens (tertiary/aromatic N) is 1. The van der Waals surface area contributed by atoms with E-state index in [0.29, 0.717) is 10.2 Å². The summed E-state index contributed by atoms with van der Waals surface area (Å²) < 4.78 is 14.1. The molecule has 0 spiro atoms. The van der Waals surface area contributed by atoms with Crippen LogP contribution in [0.4, 0.5) is 9.52 Å². The molecule has 0 bridgehead atoms. The Hall–Kier alpha value is -1.98. The third-order valence-electron chi connectivity index (χ3n) is 2.98. The Balaban J connectivity index is 1.89. The molecule has 3 nitrogen and oxygen atoms in total. The third kappa shape index (κ3) is 2.89. The fourth-order valence-corrected chi connectivity index (χ4v) is 3.00. The van der Waals surface area contributed by atoms with Gasteiger partial charge in [0.15, 0.2) is 5.13 Å². The Labute approximate surface area is 129 Å². The van der Waals surface area contributed by atoms with Crippen LogP contribution in [0.25, 0.3) is 10.2 Å². The first kappa shape index (κ1) is 14.0. The molecule has 0 atom stereocenters. The monoisotopic (exact) mass is 320 g/mol. The molecule has 6 heteroatoms. The van der Waals surface area contributed by atoms with Crippen LogP contribution >= 0.6 is 22.9 Å². The summed E-state index contributed by atoms with van der Waals surface area (Å²) in [6, 6.07) is 9.20. The molecular weight excluding hydrogens is 311 g/mol. The van der Waals surface area contributed by atoms with Gasteiger partial charge in [0.1, 0.15) is 5.82 Å². The van der Waals surface area contributed by atoms with Crippen molar-refractivity contribution in [2.45, 2.75) is 6.92 Å². The summed E-state index contributed by atoms with van der Waals surface area (Å²) in [7, 11) is 0. The maximum atomic E-state index is 13.1. The molecule has 0 aliphatic rings. The predicted octanol–water partition coefficient (Wildman–Crippen LogP) is 4.65. The molecule has 0 radical (unpaired) electrons. The van der Waals surface area contributed by atoms with Crippen LogP contribution < -0.4 is 5.32 Å². The Morgan fingerprint density at radius 1 is 1.33 bits per heavy atom. The van der Waals surface area contributed by atoms with E-state index >= 15 is 0 Å². The van der Waals surface area contributed by atoms with Gasteiger partial charge < -0.3 is 0 Å². The second-order valence-corrected chi connectivity index (χ2v) is 5.99. The van der Waals surface area contributed by atoms with Crippen LogP contribution in [0.15, 0.2) is 36.4 Å². The standard InChI is InChI=1S/C15H10ClFN2OS/c1-8-5-13-12(7-11(8)16)18-15(21-13)19-14(20)9-3-2-4-10(17)6-9/h2-7H,1H3,(H,18,19,20). The van der Waals surface area contributed by atoms with E-state index in [1.165, 1.54) is 29.5 Å². The van der Waals surface area contributed by atoms with E-state index in [-0.39, 0.29) is 5.56 Å². The summed E-state index contributed by atoms with van der Waals surface area (Å²) in [4.78, 5) is 16.4. The van der Waals surface area contributed by atoms with E-state index in [1.807, 2.05) is 13.0 Å². The predicted molar refractivity (Wildman–Crippen MR) is 83.7 cm³/mol. The van der Waals surface area contributed by atoms with Gasteiger partial charge in [0, 0.05) is 10.6 Å². The van der Waals surface area contributed by atoms with Gasteiger partial charge in [0.05, 0.1) is 10.2 Å². The molecule has 0 aliphatic carbocycles. The highest BCUT2D eigenvalue weighted by molar-refractivity contribution is 7.22. The first-order valence-electron chi connectivity index (χ1n) is 6.16. The van der Waals surface area contributed by atoms with Crippen LogP contribution in [-0.4, -0.2) is 10.9 Å². The smallest absolute Gasteiger partial charge is 0.257 e. The molecule has 1 amide bonds. The summed E-state index contributed by atoms with van der Waals surface area (Å²) in [5, 5.41) is 3.77. The zero-order valence-electron chi connectivity index (χ0n) is 11.0. The lowest BCUT2D eigenvalue weighted by molar-refractivity contribution is 0.102. The minimum atomic E-state index is -0.450. The van der Waals surface area contributed by atoms with Crippen molar-refractivity contribution < 1.29 is 9.18 Å². The van der Waals surface area contributed by atoms with E-state index in [4.69, 9.17) is 11.6 Å². The first-order chi connectivity index (χ1) is 10.0. The summed E-state index contributed by atoms with van der Waals surface area (Å²) >= 11 is 7.40. The number of carbonyl (C=O) groups is 1.